The van der Waals surface area contributed by atoms with E-state index < -0.39 is 0 Å². The van der Waals surface area contributed by atoms with Gasteiger partial charge in [-0.2, -0.15) is 0 Å². The maximum Gasteiger partial charge on any atom is 0.152 e. The molecule has 3 nitrogen and oxygen atoms in total. The fraction of sp³-hybridized carbons (Fsp3) is 0.0588. The second-order valence-electron chi connectivity index (χ2n) is 15.0. The Bertz CT molecular complexity index is 2950. The van der Waals surface area contributed by atoms with Crippen LogP contribution in [0.5, 0.6) is 11.5 Å². The Morgan fingerprint density at radius 3 is 1.91 bits per heavy atom. The van der Waals surface area contributed by atoms with Gasteiger partial charge in [0.25, 0.3) is 0 Å². The second kappa shape index (κ2) is 11.6. The summed E-state index contributed by atoms with van der Waals surface area (Å²) in [5.74, 6) is 1.75. The first-order valence-electron chi connectivity index (χ1n) is 18.7. The Hall–Kier alpha value is -6.84. The Labute approximate surface area is 314 Å². The summed E-state index contributed by atoms with van der Waals surface area (Å²) < 4.78 is 6.74. The zero-order valence-electron chi connectivity index (χ0n) is 30.1. The van der Waals surface area contributed by atoms with Crippen LogP contribution in [0.25, 0.3) is 43.4 Å². The summed E-state index contributed by atoms with van der Waals surface area (Å²) >= 11 is 0. The molecular weight excluding hydrogens is 657 g/mol. The summed E-state index contributed by atoms with van der Waals surface area (Å²) in [6.07, 6.45) is 0. The van der Waals surface area contributed by atoms with Crippen molar-refractivity contribution < 1.29 is 4.74 Å². The van der Waals surface area contributed by atoms with Gasteiger partial charge in [0.2, 0.25) is 0 Å². The van der Waals surface area contributed by atoms with E-state index in [1.54, 1.807) is 0 Å². The van der Waals surface area contributed by atoms with Crippen molar-refractivity contribution in [1.82, 2.24) is 0 Å². The van der Waals surface area contributed by atoms with Crippen LogP contribution in [-0.2, 0) is 5.41 Å². The van der Waals surface area contributed by atoms with Crippen LogP contribution in [0.3, 0.4) is 0 Å². The van der Waals surface area contributed by atoms with Gasteiger partial charge in [-0.1, -0.05) is 153 Å². The predicted molar refractivity (Wildman–Crippen MR) is 226 cm³/mol. The fourth-order valence-corrected chi connectivity index (χ4v) is 8.96. The van der Waals surface area contributed by atoms with Crippen LogP contribution < -0.4 is 14.5 Å². The lowest BCUT2D eigenvalue weighted by atomic mass is 9.73. The zero-order chi connectivity index (χ0) is 36.0. The molecule has 0 amide bonds. The van der Waals surface area contributed by atoms with Gasteiger partial charge in [-0.05, 0) is 86.3 Å². The van der Waals surface area contributed by atoms with E-state index in [9.17, 15) is 0 Å². The summed E-state index contributed by atoms with van der Waals surface area (Å²) in [6.45, 7) is 4.68. The molecule has 9 aromatic rings. The maximum absolute atomic E-state index is 6.74. The normalized spacial score (nSPS) is 13.6. The minimum atomic E-state index is -0.265. The van der Waals surface area contributed by atoms with Gasteiger partial charge in [-0.25, -0.2) is 0 Å². The van der Waals surface area contributed by atoms with Gasteiger partial charge in [-0.15, -0.1) is 0 Å². The average molecular weight is 693 g/mol. The number of benzene rings is 9. The molecule has 54 heavy (non-hydrogen) atoms. The minimum Gasteiger partial charge on any atom is -0.453 e. The van der Waals surface area contributed by atoms with Crippen LogP contribution in [0.15, 0.2) is 182 Å². The van der Waals surface area contributed by atoms with E-state index in [1.165, 1.54) is 54.6 Å². The lowest BCUT2D eigenvalue weighted by Gasteiger charge is -2.45. The Morgan fingerprint density at radius 2 is 1.09 bits per heavy atom. The van der Waals surface area contributed by atoms with Gasteiger partial charge in [0.15, 0.2) is 11.5 Å². The standard InChI is InChI=1S/C51H36N2O/c1-51(2)43-29-28-38(32-46(43)53-49-40-18-9-6-15-35(40)25-30-48(49)54-47-22-12-21-44(51)50(47)53)52(37-26-23-34(24-27-37)33-13-4-3-5-14-33)45-31-36-16-7-8-17-39(36)41-19-10-11-20-42(41)45/h3-32H,1-2H3. The minimum absolute atomic E-state index is 0.265. The molecule has 11 rings (SSSR count). The average Bonchev–Trinajstić information content (AvgIpc) is 3.23. The fourth-order valence-electron chi connectivity index (χ4n) is 8.96. The Morgan fingerprint density at radius 1 is 0.444 bits per heavy atom. The van der Waals surface area contributed by atoms with E-state index in [4.69, 9.17) is 4.74 Å². The van der Waals surface area contributed by atoms with E-state index in [-0.39, 0.29) is 5.41 Å². The lowest BCUT2D eigenvalue weighted by Crippen LogP contribution is -2.32. The number of fused-ring (bicyclic) bond motifs is 9. The number of hydrogen-bond donors (Lipinski definition) is 0. The van der Waals surface area contributed by atoms with Gasteiger partial charge >= 0.3 is 0 Å². The van der Waals surface area contributed by atoms with Crippen molar-refractivity contribution >= 4 is 66.4 Å². The first-order chi connectivity index (χ1) is 26.5. The van der Waals surface area contributed by atoms with Gasteiger partial charge in [0, 0.05) is 27.6 Å². The lowest BCUT2D eigenvalue weighted by molar-refractivity contribution is 0.472. The van der Waals surface area contributed by atoms with Crippen molar-refractivity contribution in [2.45, 2.75) is 19.3 Å². The quantitative estimate of drug-likeness (QED) is 0.171. The molecule has 0 saturated heterocycles. The SMILES string of the molecule is CC1(C)c2ccc(N(c3ccc(-c4ccccc4)cc3)c3cc4ccccc4c4ccccc34)cc2N2c3c(cccc31)Oc1ccc3ccccc3c12. The molecule has 0 aliphatic carbocycles. The molecule has 0 atom stereocenters. The number of hydrogen-bond acceptors (Lipinski definition) is 3. The molecule has 2 aliphatic rings. The van der Waals surface area contributed by atoms with E-state index in [1.807, 2.05) is 0 Å². The van der Waals surface area contributed by atoms with Crippen LogP contribution in [-0.4, -0.2) is 0 Å². The molecule has 3 heteroatoms. The van der Waals surface area contributed by atoms with E-state index in [0.717, 1.165) is 45.6 Å². The molecule has 0 radical (unpaired) electrons. The van der Waals surface area contributed by atoms with Crippen LogP contribution in [0.4, 0.5) is 34.1 Å². The molecule has 9 aromatic carbocycles. The molecule has 0 aromatic heterocycles. The largest absolute Gasteiger partial charge is 0.453 e. The molecule has 0 saturated carbocycles. The van der Waals surface area contributed by atoms with Crippen molar-refractivity contribution in [3.63, 3.8) is 0 Å². The molecule has 2 aliphatic heterocycles. The molecule has 0 fully saturated rings. The zero-order valence-corrected chi connectivity index (χ0v) is 30.1. The highest BCUT2D eigenvalue weighted by atomic mass is 16.5. The van der Waals surface area contributed by atoms with E-state index >= 15 is 0 Å². The summed E-state index contributed by atoms with van der Waals surface area (Å²) in [4.78, 5) is 4.92. The first-order valence-corrected chi connectivity index (χ1v) is 18.7. The highest BCUT2D eigenvalue weighted by molar-refractivity contribution is 6.15. The third-order valence-corrected chi connectivity index (χ3v) is 11.6. The number of anilines is 6. The highest BCUT2D eigenvalue weighted by Crippen LogP contribution is 2.61. The molecule has 2 heterocycles. The van der Waals surface area contributed by atoms with Crippen molar-refractivity contribution in [3.8, 4) is 22.6 Å². The summed E-state index contributed by atoms with van der Waals surface area (Å²) in [5, 5.41) is 7.26. The molecule has 0 unspecified atom stereocenters. The molecular formula is C51H36N2O. The Balaban J connectivity index is 1.19. The second-order valence-corrected chi connectivity index (χ2v) is 15.0. The maximum atomic E-state index is 6.74. The monoisotopic (exact) mass is 692 g/mol. The molecule has 256 valence electrons. The van der Waals surface area contributed by atoms with Gasteiger partial charge in [0.05, 0.1) is 22.7 Å². The van der Waals surface area contributed by atoms with Gasteiger partial charge in [-0.3, -0.25) is 0 Å². The van der Waals surface area contributed by atoms with Crippen molar-refractivity contribution in [2.24, 2.45) is 0 Å². The highest BCUT2D eigenvalue weighted by Gasteiger charge is 2.42. The molecule has 0 spiro atoms. The Kier molecular flexibility index (Phi) is 6.60. The summed E-state index contributed by atoms with van der Waals surface area (Å²) in [6, 6.07) is 66.0. The summed E-state index contributed by atoms with van der Waals surface area (Å²) in [5.41, 5.74) is 11.3. The predicted octanol–water partition coefficient (Wildman–Crippen LogP) is 14.5. The van der Waals surface area contributed by atoms with Crippen molar-refractivity contribution in [3.05, 3.63) is 193 Å². The number of rotatable bonds is 4. The van der Waals surface area contributed by atoms with Crippen LogP contribution >= 0.6 is 0 Å². The van der Waals surface area contributed by atoms with Gasteiger partial charge < -0.3 is 14.5 Å². The third-order valence-electron chi connectivity index (χ3n) is 11.6. The van der Waals surface area contributed by atoms with Crippen LogP contribution in [0.1, 0.15) is 25.0 Å². The molecule has 0 N–H and O–H groups in total. The van der Waals surface area contributed by atoms with E-state index in [0.29, 0.717) is 0 Å². The third kappa shape index (κ3) is 4.48. The van der Waals surface area contributed by atoms with Crippen molar-refractivity contribution in [1.29, 1.82) is 0 Å². The smallest absolute Gasteiger partial charge is 0.152 e. The number of nitrogens with zero attached hydrogens (tertiary/aromatic N) is 2. The van der Waals surface area contributed by atoms with Crippen LogP contribution in [0, 0.1) is 0 Å². The number of para-hydroxylation sites is 1. The first kappa shape index (κ1) is 30.8. The van der Waals surface area contributed by atoms with Crippen LogP contribution in [0.2, 0.25) is 0 Å². The van der Waals surface area contributed by atoms with Crippen molar-refractivity contribution in [2.75, 3.05) is 9.80 Å². The topological polar surface area (TPSA) is 15.7 Å². The summed E-state index contributed by atoms with van der Waals surface area (Å²) in [7, 11) is 0. The molecule has 0 bridgehead atoms. The van der Waals surface area contributed by atoms with Gasteiger partial charge in [0.1, 0.15) is 0 Å². The van der Waals surface area contributed by atoms with E-state index in [2.05, 4.69) is 206 Å². The number of ether oxygens (including phenoxy) is 1.